The summed E-state index contributed by atoms with van der Waals surface area (Å²) in [5.74, 6) is 0.907. The Labute approximate surface area is 104 Å². The maximum atomic E-state index is 6.27. The van der Waals surface area contributed by atoms with E-state index in [4.69, 9.17) is 15.2 Å². The van der Waals surface area contributed by atoms with Crippen LogP contribution in [0.4, 0.5) is 0 Å². The van der Waals surface area contributed by atoms with Crippen LogP contribution in [0.3, 0.4) is 0 Å². The fraction of sp³-hybridized carbons (Fsp3) is 0.571. The van der Waals surface area contributed by atoms with Crippen molar-refractivity contribution < 1.29 is 9.47 Å². The van der Waals surface area contributed by atoms with Crippen LogP contribution in [0.1, 0.15) is 24.5 Å². The average molecular weight is 237 g/mol. The Bertz CT molecular complexity index is 361. The molecule has 3 heteroatoms. The van der Waals surface area contributed by atoms with Crippen molar-refractivity contribution in [2.24, 2.45) is 5.73 Å². The van der Waals surface area contributed by atoms with Gasteiger partial charge >= 0.3 is 0 Å². The molecule has 0 aromatic heterocycles. The van der Waals surface area contributed by atoms with Gasteiger partial charge in [-0.2, -0.15) is 0 Å². The van der Waals surface area contributed by atoms with Crippen molar-refractivity contribution in [1.29, 1.82) is 0 Å². The minimum absolute atomic E-state index is 0.267. The Morgan fingerprint density at radius 3 is 2.59 bits per heavy atom. The van der Waals surface area contributed by atoms with E-state index in [0.717, 1.165) is 24.2 Å². The van der Waals surface area contributed by atoms with E-state index in [2.05, 4.69) is 13.0 Å². The summed E-state index contributed by atoms with van der Waals surface area (Å²) in [6.07, 6.45) is 1.63. The van der Waals surface area contributed by atoms with E-state index in [9.17, 15) is 0 Å². The molecule has 0 amide bonds. The molecule has 1 aromatic carbocycles. The van der Waals surface area contributed by atoms with Gasteiger partial charge in [-0.15, -0.1) is 0 Å². The molecule has 0 bridgehead atoms. The minimum atomic E-state index is -0.267. The van der Waals surface area contributed by atoms with Gasteiger partial charge in [0.25, 0.3) is 0 Å². The Morgan fingerprint density at radius 1 is 1.29 bits per heavy atom. The third-order valence-corrected chi connectivity index (χ3v) is 2.91. The van der Waals surface area contributed by atoms with E-state index in [1.54, 1.807) is 14.2 Å². The first-order valence-corrected chi connectivity index (χ1v) is 5.90. The summed E-state index contributed by atoms with van der Waals surface area (Å²) in [5, 5.41) is 0. The SMILES string of the molecule is COCCC(C)(N)Cc1cc(C)ccc1OC. The van der Waals surface area contributed by atoms with Crippen molar-refractivity contribution in [1.82, 2.24) is 0 Å². The Balaban J connectivity index is 2.82. The second kappa shape index (κ2) is 6.03. The first kappa shape index (κ1) is 14.0. The fourth-order valence-electron chi connectivity index (χ4n) is 1.90. The molecule has 0 fully saturated rings. The summed E-state index contributed by atoms with van der Waals surface area (Å²) in [6.45, 7) is 4.81. The molecule has 0 aliphatic carbocycles. The molecule has 96 valence electrons. The topological polar surface area (TPSA) is 44.5 Å². The van der Waals surface area contributed by atoms with Crippen molar-refractivity contribution in [2.45, 2.75) is 32.2 Å². The molecule has 1 unspecified atom stereocenters. The van der Waals surface area contributed by atoms with Crippen LogP contribution in [0.15, 0.2) is 18.2 Å². The van der Waals surface area contributed by atoms with Crippen LogP contribution in [-0.2, 0) is 11.2 Å². The maximum absolute atomic E-state index is 6.27. The molecule has 1 aromatic rings. The Hall–Kier alpha value is -1.06. The van der Waals surface area contributed by atoms with Gasteiger partial charge in [-0.1, -0.05) is 17.7 Å². The van der Waals surface area contributed by atoms with Gasteiger partial charge in [-0.3, -0.25) is 0 Å². The smallest absolute Gasteiger partial charge is 0.122 e. The number of hydrogen-bond donors (Lipinski definition) is 1. The highest BCUT2D eigenvalue weighted by Gasteiger charge is 2.20. The second-order valence-electron chi connectivity index (χ2n) is 4.89. The molecule has 0 saturated carbocycles. The molecular weight excluding hydrogens is 214 g/mol. The molecule has 1 atom stereocenters. The van der Waals surface area contributed by atoms with Gasteiger partial charge in [0.1, 0.15) is 5.75 Å². The predicted octanol–water partition coefficient (Wildman–Crippen LogP) is 2.30. The second-order valence-corrected chi connectivity index (χ2v) is 4.89. The highest BCUT2D eigenvalue weighted by molar-refractivity contribution is 5.37. The lowest BCUT2D eigenvalue weighted by Gasteiger charge is -2.25. The van der Waals surface area contributed by atoms with Crippen LogP contribution >= 0.6 is 0 Å². The number of benzene rings is 1. The van der Waals surface area contributed by atoms with Gasteiger partial charge in [0.05, 0.1) is 7.11 Å². The van der Waals surface area contributed by atoms with Crippen molar-refractivity contribution in [3.05, 3.63) is 29.3 Å². The highest BCUT2D eigenvalue weighted by atomic mass is 16.5. The lowest BCUT2D eigenvalue weighted by atomic mass is 9.90. The highest BCUT2D eigenvalue weighted by Crippen LogP contribution is 2.24. The molecule has 2 N–H and O–H groups in total. The number of nitrogens with two attached hydrogens (primary N) is 1. The quantitative estimate of drug-likeness (QED) is 0.825. The third-order valence-electron chi connectivity index (χ3n) is 2.91. The van der Waals surface area contributed by atoms with Gasteiger partial charge < -0.3 is 15.2 Å². The molecule has 0 radical (unpaired) electrons. The van der Waals surface area contributed by atoms with E-state index in [1.807, 2.05) is 19.1 Å². The summed E-state index contributed by atoms with van der Waals surface area (Å²) in [5.41, 5.74) is 8.39. The normalized spacial score (nSPS) is 14.4. The molecule has 17 heavy (non-hydrogen) atoms. The fourth-order valence-corrected chi connectivity index (χ4v) is 1.90. The zero-order chi connectivity index (χ0) is 12.9. The maximum Gasteiger partial charge on any atom is 0.122 e. The molecule has 1 rings (SSSR count). The van der Waals surface area contributed by atoms with Crippen LogP contribution < -0.4 is 10.5 Å². The van der Waals surface area contributed by atoms with Crippen molar-refractivity contribution in [2.75, 3.05) is 20.8 Å². The van der Waals surface area contributed by atoms with E-state index in [1.165, 1.54) is 5.56 Å². The number of hydrogen-bond acceptors (Lipinski definition) is 3. The lowest BCUT2D eigenvalue weighted by Crippen LogP contribution is -2.39. The van der Waals surface area contributed by atoms with E-state index < -0.39 is 0 Å². The van der Waals surface area contributed by atoms with Crippen LogP contribution in [0.25, 0.3) is 0 Å². The first-order chi connectivity index (χ1) is 7.98. The zero-order valence-electron chi connectivity index (χ0n) is 11.2. The summed E-state index contributed by atoms with van der Waals surface area (Å²) >= 11 is 0. The predicted molar refractivity (Wildman–Crippen MR) is 70.5 cm³/mol. The van der Waals surface area contributed by atoms with Crippen LogP contribution in [0.5, 0.6) is 5.75 Å². The minimum Gasteiger partial charge on any atom is -0.496 e. The van der Waals surface area contributed by atoms with Gasteiger partial charge in [0, 0.05) is 19.3 Å². The average Bonchev–Trinajstić information content (AvgIpc) is 2.26. The van der Waals surface area contributed by atoms with Gasteiger partial charge in [-0.25, -0.2) is 0 Å². The van der Waals surface area contributed by atoms with E-state index in [0.29, 0.717) is 6.61 Å². The monoisotopic (exact) mass is 237 g/mol. The van der Waals surface area contributed by atoms with Crippen LogP contribution in [0, 0.1) is 6.92 Å². The first-order valence-electron chi connectivity index (χ1n) is 5.90. The molecule has 0 aliphatic rings. The van der Waals surface area contributed by atoms with Crippen molar-refractivity contribution in [3.8, 4) is 5.75 Å². The summed E-state index contributed by atoms with van der Waals surface area (Å²) in [7, 11) is 3.39. The van der Waals surface area contributed by atoms with Gasteiger partial charge in [0.2, 0.25) is 0 Å². The molecular formula is C14H23NO2. The summed E-state index contributed by atoms with van der Waals surface area (Å²) in [6, 6.07) is 6.18. The largest absolute Gasteiger partial charge is 0.496 e. The van der Waals surface area contributed by atoms with Gasteiger partial charge in [-0.05, 0) is 38.3 Å². The van der Waals surface area contributed by atoms with Crippen LogP contribution in [0.2, 0.25) is 0 Å². The zero-order valence-corrected chi connectivity index (χ0v) is 11.2. The molecule has 0 spiro atoms. The third kappa shape index (κ3) is 4.36. The van der Waals surface area contributed by atoms with Crippen molar-refractivity contribution in [3.63, 3.8) is 0 Å². The summed E-state index contributed by atoms with van der Waals surface area (Å²) in [4.78, 5) is 0. The number of aryl methyl sites for hydroxylation is 1. The lowest BCUT2D eigenvalue weighted by molar-refractivity contribution is 0.171. The summed E-state index contributed by atoms with van der Waals surface area (Å²) < 4.78 is 10.4. The number of methoxy groups -OCH3 is 2. The van der Waals surface area contributed by atoms with Gasteiger partial charge in [0.15, 0.2) is 0 Å². The molecule has 0 heterocycles. The number of ether oxygens (including phenoxy) is 2. The Kier molecular flexibility index (Phi) is 4.97. The molecule has 0 saturated heterocycles. The van der Waals surface area contributed by atoms with Crippen molar-refractivity contribution >= 4 is 0 Å². The number of rotatable bonds is 6. The Morgan fingerprint density at radius 2 is 2.00 bits per heavy atom. The van der Waals surface area contributed by atoms with E-state index in [-0.39, 0.29) is 5.54 Å². The van der Waals surface area contributed by atoms with Crippen LogP contribution in [-0.4, -0.2) is 26.4 Å². The standard InChI is InChI=1S/C14H23NO2/c1-11-5-6-13(17-4)12(9-11)10-14(2,15)7-8-16-3/h5-6,9H,7-8,10,15H2,1-4H3. The molecule has 0 aliphatic heterocycles. The van der Waals surface area contributed by atoms with E-state index >= 15 is 0 Å². The molecule has 3 nitrogen and oxygen atoms in total.